The fourth-order valence-electron chi connectivity index (χ4n) is 2.40. The topological polar surface area (TPSA) is 15.3 Å². The van der Waals surface area contributed by atoms with Gasteiger partial charge in [-0.15, -0.1) is 0 Å². The Morgan fingerprint density at radius 2 is 2.28 bits per heavy atom. The number of halogens is 2. The molecule has 2 rings (SSSR count). The lowest BCUT2D eigenvalue weighted by atomic mass is 9.98. The summed E-state index contributed by atoms with van der Waals surface area (Å²) in [7, 11) is 0. The van der Waals surface area contributed by atoms with Crippen molar-refractivity contribution in [3.05, 3.63) is 27.6 Å². The molecule has 1 aliphatic heterocycles. The Bertz CT molecular complexity index is 424. The van der Waals surface area contributed by atoms with Gasteiger partial charge >= 0.3 is 0 Å². The van der Waals surface area contributed by atoms with Crippen LogP contribution in [0.4, 0.5) is 10.1 Å². The van der Waals surface area contributed by atoms with Crippen molar-refractivity contribution in [3.63, 3.8) is 0 Å². The number of nitrogens with zero attached hydrogens (tertiary/aromatic N) is 1. The maximum Gasteiger partial charge on any atom is 0.124 e. The Balaban J connectivity index is 2.25. The highest BCUT2D eigenvalue weighted by Crippen LogP contribution is 2.27. The van der Waals surface area contributed by atoms with Crippen LogP contribution in [0.2, 0.25) is 0 Å². The van der Waals surface area contributed by atoms with E-state index in [1.807, 2.05) is 6.07 Å². The Kier molecular flexibility index (Phi) is 4.48. The third kappa shape index (κ3) is 3.15. The van der Waals surface area contributed by atoms with Gasteiger partial charge in [-0.05, 0) is 67.1 Å². The van der Waals surface area contributed by atoms with Gasteiger partial charge in [0.15, 0.2) is 0 Å². The standard InChI is InChI=1S/C14H20FIN2/c1-3-14(2)10-18(8-4-7-17-14)13-6-5-11(15)9-12(13)16/h5-6,9,17H,3-4,7-8,10H2,1-2H3. The van der Waals surface area contributed by atoms with E-state index in [0.717, 1.165) is 41.7 Å². The van der Waals surface area contributed by atoms with Crippen molar-refractivity contribution in [1.29, 1.82) is 0 Å². The second-order valence-electron chi connectivity index (χ2n) is 5.21. The summed E-state index contributed by atoms with van der Waals surface area (Å²) in [5.41, 5.74) is 1.30. The molecule has 1 aromatic rings. The summed E-state index contributed by atoms with van der Waals surface area (Å²) in [5, 5.41) is 3.62. The monoisotopic (exact) mass is 362 g/mol. The molecule has 1 aliphatic rings. The van der Waals surface area contributed by atoms with E-state index in [1.165, 1.54) is 0 Å². The highest BCUT2D eigenvalue weighted by Gasteiger charge is 2.27. The smallest absolute Gasteiger partial charge is 0.124 e. The van der Waals surface area contributed by atoms with Crippen LogP contribution in [0.25, 0.3) is 0 Å². The van der Waals surface area contributed by atoms with Crippen molar-refractivity contribution in [3.8, 4) is 0 Å². The average molecular weight is 362 g/mol. The molecule has 4 heteroatoms. The molecule has 0 bridgehead atoms. The molecule has 1 unspecified atom stereocenters. The van der Waals surface area contributed by atoms with Crippen LogP contribution in [0.1, 0.15) is 26.7 Å². The van der Waals surface area contributed by atoms with Gasteiger partial charge in [-0.3, -0.25) is 0 Å². The maximum atomic E-state index is 13.2. The molecule has 0 aliphatic carbocycles. The molecular formula is C14H20FIN2. The van der Waals surface area contributed by atoms with Crippen molar-refractivity contribution < 1.29 is 4.39 Å². The molecule has 2 nitrogen and oxygen atoms in total. The molecule has 1 fully saturated rings. The second-order valence-corrected chi connectivity index (χ2v) is 6.37. The molecule has 1 N–H and O–H groups in total. The van der Waals surface area contributed by atoms with E-state index >= 15 is 0 Å². The van der Waals surface area contributed by atoms with Crippen molar-refractivity contribution >= 4 is 28.3 Å². The average Bonchev–Trinajstić information content (AvgIpc) is 2.52. The summed E-state index contributed by atoms with van der Waals surface area (Å²) < 4.78 is 14.2. The van der Waals surface area contributed by atoms with Crippen LogP contribution < -0.4 is 10.2 Å². The Morgan fingerprint density at radius 1 is 1.50 bits per heavy atom. The van der Waals surface area contributed by atoms with Crippen LogP contribution in [-0.4, -0.2) is 25.2 Å². The maximum absolute atomic E-state index is 13.2. The number of rotatable bonds is 2. The van der Waals surface area contributed by atoms with E-state index in [4.69, 9.17) is 0 Å². The zero-order valence-electron chi connectivity index (χ0n) is 11.0. The van der Waals surface area contributed by atoms with Crippen LogP contribution in [0.15, 0.2) is 18.2 Å². The van der Waals surface area contributed by atoms with Crippen molar-refractivity contribution in [2.24, 2.45) is 0 Å². The van der Waals surface area contributed by atoms with Crippen molar-refractivity contribution in [2.75, 3.05) is 24.5 Å². The second kappa shape index (κ2) is 5.74. The highest BCUT2D eigenvalue weighted by atomic mass is 127. The summed E-state index contributed by atoms with van der Waals surface area (Å²) in [5.74, 6) is -0.158. The normalized spacial score (nSPS) is 25.0. The minimum absolute atomic E-state index is 0.147. The molecule has 1 aromatic carbocycles. The first-order valence-electron chi connectivity index (χ1n) is 6.49. The van der Waals surface area contributed by atoms with E-state index in [1.54, 1.807) is 12.1 Å². The van der Waals surface area contributed by atoms with Gasteiger partial charge in [-0.1, -0.05) is 6.92 Å². The van der Waals surface area contributed by atoms with Crippen molar-refractivity contribution in [2.45, 2.75) is 32.2 Å². The van der Waals surface area contributed by atoms with Crippen LogP contribution in [-0.2, 0) is 0 Å². The van der Waals surface area contributed by atoms with Gasteiger partial charge in [-0.25, -0.2) is 4.39 Å². The van der Waals surface area contributed by atoms with Gasteiger partial charge in [0.05, 0.1) is 5.69 Å². The first-order valence-corrected chi connectivity index (χ1v) is 7.57. The third-order valence-electron chi connectivity index (χ3n) is 3.73. The molecular weight excluding hydrogens is 342 g/mol. The number of nitrogens with one attached hydrogen (secondary N) is 1. The minimum Gasteiger partial charge on any atom is -0.369 e. The van der Waals surface area contributed by atoms with E-state index in [-0.39, 0.29) is 11.4 Å². The van der Waals surface area contributed by atoms with Gasteiger partial charge in [0.25, 0.3) is 0 Å². The molecule has 0 aromatic heterocycles. The lowest BCUT2D eigenvalue weighted by Gasteiger charge is -2.34. The van der Waals surface area contributed by atoms with Crippen LogP contribution in [0, 0.1) is 9.39 Å². The Morgan fingerprint density at radius 3 is 2.94 bits per heavy atom. The van der Waals surface area contributed by atoms with E-state index in [2.05, 4.69) is 46.7 Å². The first kappa shape index (κ1) is 14.1. The molecule has 1 saturated heterocycles. The summed E-state index contributed by atoms with van der Waals surface area (Å²) in [6, 6.07) is 5.06. The molecule has 18 heavy (non-hydrogen) atoms. The zero-order valence-corrected chi connectivity index (χ0v) is 13.1. The van der Waals surface area contributed by atoms with Gasteiger partial charge in [0.1, 0.15) is 5.82 Å². The fourth-order valence-corrected chi connectivity index (χ4v) is 3.21. The van der Waals surface area contributed by atoms with Gasteiger partial charge in [-0.2, -0.15) is 0 Å². The summed E-state index contributed by atoms with van der Waals surface area (Å²) in [4.78, 5) is 2.38. The number of benzene rings is 1. The quantitative estimate of drug-likeness (QED) is 0.812. The largest absolute Gasteiger partial charge is 0.369 e. The molecule has 0 saturated carbocycles. The highest BCUT2D eigenvalue weighted by molar-refractivity contribution is 14.1. The SMILES string of the molecule is CCC1(C)CN(c2ccc(F)cc2I)CCCN1. The molecule has 1 heterocycles. The lowest BCUT2D eigenvalue weighted by molar-refractivity contribution is 0.366. The van der Waals surface area contributed by atoms with Crippen molar-refractivity contribution in [1.82, 2.24) is 5.32 Å². The van der Waals surface area contributed by atoms with Gasteiger partial charge in [0.2, 0.25) is 0 Å². The summed E-state index contributed by atoms with van der Waals surface area (Å²) in [6.07, 6.45) is 2.23. The number of hydrogen-bond acceptors (Lipinski definition) is 2. The third-order valence-corrected chi connectivity index (χ3v) is 4.59. The summed E-state index contributed by atoms with van der Waals surface area (Å²) >= 11 is 2.22. The molecule has 100 valence electrons. The molecule has 0 amide bonds. The van der Waals surface area contributed by atoms with Crippen LogP contribution >= 0.6 is 22.6 Å². The Hall–Kier alpha value is -0.360. The van der Waals surface area contributed by atoms with E-state index < -0.39 is 0 Å². The number of anilines is 1. The molecule has 0 radical (unpaired) electrons. The summed E-state index contributed by atoms with van der Waals surface area (Å²) in [6.45, 7) is 7.54. The Labute approximate surface area is 122 Å². The predicted octanol–water partition coefficient (Wildman–Crippen LogP) is 3.40. The van der Waals surface area contributed by atoms with Crippen LogP contribution in [0.5, 0.6) is 0 Å². The lowest BCUT2D eigenvalue weighted by Crippen LogP contribution is -2.48. The van der Waals surface area contributed by atoms with Gasteiger partial charge in [0, 0.05) is 22.2 Å². The van der Waals surface area contributed by atoms with Gasteiger partial charge < -0.3 is 10.2 Å². The van der Waals surface area contributed by atoms with E-state index in [0.29, 0.717) is 0 Å². The first-order chi connectivity index (χ1) is 8.54. The zero-order chi connectivity index (χ0) is 13.2. The van der Waals surface area contributed by atoms with E-state index in [9.17, 15) is 4.39 Å². The molecule has 1 atom stereocenters. The van der Waals surface area contributed by atoms with Crippen LogP contribution in [0.3, 0.4) is 0 Å². The number of hydrogen-bond donors (Lipinski definition) is 1. The predicted molar refractivity (Wildman–Crippen MR) is 82.6 cm³/mol. The minimum atomic E-state index is -0.158. The fraction of sp³-hybridized carbons (Fsp3) is 0.571. The molecule has 0 spiro atoms.